The molecule has 15 heteroatoms. The molecule has 2 N–H and O–H groups in total. The number of rotatable bonds is 4. The van der Waals surface area contributed by atoms with E-state index in [4.69, 9.17) is 24.5 Å². The van der Waals surface area contributed by atoms with Crippen LogP contribution in [-0.4, -0.2) is 120 Å². The molecule has 0 radical (unpaired) electrons. The van der Waals surface area contributed by atoms with Crippen molar-refractivity contribution in [1.82, 2.24) is 14.7 Å². The number of amides is 1. The van der Waals surface area contributed by atoms with E-state index in [2.05, 4.69) is 9.80 Å². The van der Waals surface area contributed by atoms with Gasteiger partial charge in [0.1, 0.15) is 0 Å². The molecule has 0 atom stereocenters. The van der Waals surface area contributed by atoms with Crippen molar-refractivity contribution >= 4 is 17.8 Å². The van der Waals surface area contributed by atoms with Gasteiger partial charge >= 0.3 is 24.3 Å². The van der Waals surface area contributed by atoms with Crippen LogP contribution >= 0.6 is 0 Å². The van der Waals surface area contributed by atoms with E-state index in [1.807, 2.05) is 4.90 Å². The molecule has 3 heterocycles. The number of carboxylic acid groups (broad SMARTS) is 2. The number of carboxylic acids is 2. The van der Waals surface area contributed by atoms with Gasteiger partial charge in [-0.15, -0.1) is 0 Å². The van der Waals surface area contributed by atoms with Crippen molar-refractivity contribution in [3.63, 3.8) is 0 Å². The Morgan fingerprint density at radius 3 is 1.55 bits per heavy atom. The average molecular weight is 564 g/mol. The van der Waals surface area contributed by atoms with E-state index in [1.165, 1.54) is 45.3 Å². The number of morpholine rings is 1. The van der Waals surface area contributed by atoms with Crippen LogP contribution in [0, 0.1) is 11.8 Å². The molecule has 220 valence electrons. The minimum absolute atomic E-state index is 0.259. The molecule has 0 aromatic rings. The maximum absolute atomic E-state index is 12.6. The summed E-state index contributed by atoms with van der Waals surface area (Å²) in [5.41, 5.74) is 0. The number of alkyl halides is 6. The number of piperidine rings is 2. The number of hydrogen-bond donors (Lipinski definition) is 2. The highest BCUT2D eigenvalue weighted by molar-refractivity contribution is 5.79. The van der Waals surface area contributed by atoms with Crippen LogP contribution in [-0.2, 0) is 19.1 Å². The summed E-state index contributed by atoms with van der Waals surface area (Å²) in [5.74, 6) is -3.85. The number of aliphatic carboxylic acids is 2. The van der Waals surface area contributed by atoms with E-state index in [0.717, 1.165) is 51.0 Å². The van der Waals surface area contributed by atoms with Gasteiger partial charge in [0.15, 0.2) is 0 Å². The van der Waals surface area contributed by atoms with Crippen LogP contribution in [0.4, 0.5) is 26.3 Å². The molecule has 1 saturated carbocycles. The van der Waals surface area contributed by atoms with Crippen LogP contribution < -0.4 is 0 Å². The van der Waals surface area contributed by atoms with Gasteiger partial charge in [0, 0.05) is 31.6 Å². The quantitative estimate of drug-likeness (QED) is 0.503. The third-order valence-electron chi connectivity index (χ3n) is 6.97. The van der Waals surface area contributed by atoms with Gasteiger partial charge in [-0.2, -0.15) is 26.3 Å². The number of carbonyl (C=O) groups is 3. The predicted molar refractivity (Wildman–Crippen MR) is 121 cm³/mol. The van der Waals surface area contributed by atoms with Crippen LogP contribution in [0.2, 0.25) is 0 Å². The standard InChI is InChI=1S/C19H33N3O2.2C2HF3O2/c23-19(22-11-13-24-14-12-22)17-3-9-21(10-4-17)18-5-7-20(8-6-18)15-16-1-2-16;2*3-2(4,5)1(6)7/h16-18H,1-15H2;2*(H,6,7). The SMILES string of the molecule is O=C(C1CCN(C2CCN(CC3CC3)CC2)CC1)N1CCOCC1.O=C(O)C(F)(F)F.O=C(O)C(F)(F)F. The first-order valence-electron chi connectivity index (χ1n) is 12.6. The van der Waals surface area contributed by atoms with E-state index in [9.17, 15) is 31.1 Å². The van der Waals surface area contributed by atoms with Crippen molar-refractivity contribution in [1.29, 1.82) is 0 Å². The fourth-order valence-corrected chi connectivity index (χ4v) is 4.69. The molecule has 9 nitrogen and oxygen atoms in total. The van der Waals surface area contributed by atoms with Crippen molar-refractivity contribution in [2.24, 2.45) is 11.8 Å². The lowest BCUT2D eigenvalue weighted by Crippen LogP contribution is -2.50. The van der Waals surface area contributed by atoms with Crippen molar-refractivity contribution in [2.45, 2.75) is 56.9 Å². The second-order valence-electron chi connectivity index (χ2n) is 9.83. The second-order valence-corrected chi connectivity index (χ2v) is 9.83. The molecule has 3 saturated heterocycles. The van der Waals surface area contributed by atoms with Gasteiger partial charge in [0.2, 0.25) is 5.91 Å². The molecule has 4 aliphatic rings. The van der Waals surface area contributed by atoms with Gasteiger partial charge in [0.25, 0.3) is 0 Å². The molecule has 0 aromatic heterocycles. The van der Waals surface area contributed by atoms with E-state index < -0.39 is 24.3 Å². The Morgan fingerprint density at radius 1 is 0.711 bits per heavy atom. The molecule has 1 aliphatic carbocycles. The van der Waals surface area contributed by atoms with E-state index >= 15 is 0 Å². The molecule has 3 aliphatic heterocycles. The Morgan fingerprint density at radius 2 is 1.16 bits per heavy atom. The average Bonchev–Trinajstić information content (AvgIpc) is 3.68. The monoisotopic (exact) mass is 563 g/mol. The van der Waals surface area contributed by atoms with Crippen molar-refractivity contribution < 1.29 is 55.7 Å². The Balaban J connectivity index is 0.000000301. The van der Waals surface area contributed by atoms with E-state index in [-0.39, 0.29) is 5.92 Å². The first-order chi connectivity index (χ1) is 17.7. The van der Waals surface area contributed by atoms with Gasteiger partial charge in [0.05, 0.1) is 13.2 Å². The second kappa shape index (κ2) is 14.3. The number of halogens is 6. The van der Waals surface area contributed by atoms with Gasteiger partial charge in [-0.25, -0.2) is 9.59 Å². The molecule has 38 heavy (non-hydrogen) atoms. The third-order valence-corrected chi connectivity index (χ3v) is 6.97. The van der Waals surface area contributed by atoms with Crippen molar-refractivity contribution in [2.75, 3.05) is 59.0 Å². The summed E-state index contributed by atoms with van der Waals surface area (Å²) in [6, 6.07) is 0.764. The fourth-order valence-electron chi connectivity index (χ4n) is 4.69. The highest BCUT2D eigenvalue weighted by Gasteiger charge is 2.39. The first-order valence-corrected chi connectivity index (χ1v) is 12.6. The third kappa shape index (κ3) is 11.3. The van der Waals surface area contributed by atoms with Crippen molar-refractivity contribution in [3.8, 4) is 0 Å². The molecule has 0 aromatic carbocycles. The summed E-state index contributed by atoms with van der Waals surface area (Å²) < 4.78 is 68.8. The molecule has 0 unspecified atom stereocenters. The number of ether oxygens (including phenoxy) is 1. The zero-order valence-corrected chi connectivity index (χ0v) is 21.0. The summed E-state index contributed by atoms with van der Waals surface area (Å²) in [7, 11) is 0. The normalized spacial score (nSPS) is 22.5. The predicted octanol–water partition coefficient (Wildman–Crippen LogP) is 2.70. The van der Waals surface area contributed by atoms with Crippen LogP contribution in [0.5, 0.6) is 0 Å². The summed E-state index contributed by atoms with van der Waals surface area (Å²) in [5, 5.41) is 14.2. The van der Waals surface area contributed by atoms with Crippen LogP contribution in [0.1, 0.15) is 38.5 Å². The number of carbonyl (C=O) groups excluding carboxylic acids is 1. The Hall–Kier alpha value is -2.13. The fraction of sp³-hybridized carbons (Fsp3) is 0.870. The first kappa shape index (κ1) is 32.1. The Bertz CT molecular complexity index is 747. The van der Waals surface area contributed by atoms with Gasteiger partial charge in [-0.3, -0.25) is 4.79 Å². The van der Waals surface area contributed by atoms with Crippen LogP contribution in [0.3, 0.4) is 0 Å². The van der Waals surface area contributed by atoms with Gasteiger partial charge in [-0.1, -0.05) is 0 Å². The lowest BCUT2D eigenvalue weighted by molar-refractivity contribution is -0.193. The van der Waals surface area contributed by atoms with Gasteiger partial charge < -0.3 is 29.6 Å². The van der Waals surface area contributed by atoms with Crippen LogP contribution in [0.25, 0.3) is 0 Å². The molecule has 1 amide bonds. The zero-order chi connectivity index (χ0) is 28.5. The number of nitrogens with zero attached hydrogens (tertiary/aromatic N) is 3. The minimum Gasteiger partial charge on any atom is -0.475 e. The largest absolute Gasteiger partial charge is 0.490 e. The molecule has 0 bridgehead atoms. The number of hydrogen-bond acceptors (Lipinski definition) is 6. The number of likely N-dealkylation sites (tertiary alicyclic amines) is 2. The van der Waals surface area contributed by atoms with Crippen LogP contribution in [0.15, 0.2) is 0 Å². The summed E-state index contributed by atoms with van der Waals surface area (Å²) >= 11 is 0. The Labute approximate surface area is 216 Å². The smallest absolute Gasteiger partial charge is 0.475 e. The molecule has 0 spiro atoms. The minimum atomic E-state index is -5.08. The topological polar surface area (TPSA) is 111 Å². The highest BCUT2D eigenvalue weighted by atomic mass is 19.4. The summed E-state index contributed by atoms with van der Waals surface area (Å²) in [4.78, 5) is 37.8. The van der Waals surface area contributed by atoms with Gasteiger partial charge in [-0.05, 0) is 70.6 Å². The summed E-state index contributed by atoms with van der Waals surface area (Å²) in [6.07, 6.45) is -2.48. The molecule has 4 fully saturated rings. The molecular formula is C23H35F6N3O6. The molecular weight excluding hydrogens is 528 g/mol. The molecule has 4 rings (SSSR count). The Kier molecular flexibility index (Phi) is 12.1. The lowest BCUT2D eigenvalue weighted by atomic mass is 9.92. The van der Waals surface area contributed by atoms with E-state index in [1.54, 1.807) is 0 Å². The summed E-state index contributed by atoms with van der Waals surface area (Å²) in [6.45, 7) is 9.16. The lowest BCUT2D eigenvalue weighted by Gasteiger charge is -2.42. The van der Waals surface area contributed by atoms with E-state index in [0.29, 0.717) is 19.1 Å². The zero-order valence-electron chi connectivity index (χ0n) is 21.0. The highest BCUT2D eigenvalue weighted by Crippen LogP contribution is 2.31. The van der Waals surface area contributed by atoms with Crippen molar-refractivity contribution in [3.05, 3.63) is 0 Å². The maximum Gasteiger partial charge on any atom is 0.490 e. The maximum atomic E-state index is 12.6.